The van der Waals surface area contributed by atoms with E-state index < -0.39 is 9.84 Å². The van der Waals surface area contributed by atoms with Crippen LogP contribution in [0, 0.1) is 5.92 Å². The van der Waals surface area contributed by atoms with Crippen molar-refractivity contribution in [2.75, 3.05) is 11.5 Å². The van der Waals surface area contributed by atoms with Crippen LogP contribution < -0.4 is 5.32 Å². The van der Waals surface area contributed by atoms with Gasteiger partial charge in [-0.15, -0.1) is 0 Å². The Bertz CT molecular complexity index is 655. The second kappa shape index (κ2) is 6.63. The van der Waals surface area contributed by atoms with Crippen LogP contribution in [0.2, 0.25) is 0 Å². The molecule has 0 bridgehead atoms. The predicted molar refractivity (Wildman–Crippen MR) is 86.0 cm³/mol. The maximum absolute atomic E-state index is 12.2. The van der Waals surface area contributed by atoms with Crippen LogP contribution in [0.3, 0.4) is 0 Å². The number of hydrogen-bond acceptors (Lipinski definition) is 5. The molecule has 2 aliphatic rings. The Morgan fingerprint density at radius 1 is 1.26 bits per heavy atom. The van der Waals surface area contributed by atoms with Gasteiger partial charge in [-0.25, -0.2) is 8.42 Å². The van der Waals surface area contributed by atoms with E-state index in [0.717, 1.165) is 44.3 Å². The van der Waals surface area contributed by atoms with Crippen molar-refractivity contribution in [1.82, 2.24) is 10.5 Å². The van der Waals surface area contributed by atoms with Gasteiger partial charge in [-0.3, -0.25) is 4.79 Å². The van der Waals surface area contributed by atoms with E-state index in [1.54, 1.807) is 13.0 Å². The van der Waals surface area contributed by atoms with E-state index >= 15 is 0 Å². The lowest BCUT2D eigenvalue weighted by atomic mass is 9.87. The fourth-order valence-electron chi connectivity index (χ4n) is 3.17. The number of hydrogen-bond donors (Lipinski definition) is 1. The largest absolute Gasteiger partial charge is 0.360 e. The first kappa shape index (κ1) is 16.5. The number of nitrogens with zero attached hydrogens (tertiary/aromatic N) is 1. The van der Waals surface area contributed by atoms with Gasteiger partial charge in [-0.1, -0.05) is 12.1 Å². The number of carbonyl (C=O) groups is 1. The summed E-state index contributed by atoms with van der Waals surface area (Å²) in [4.78, 5) is 12.2. The number of amides is 1. The Labute approximate surface area is 136 Å². The standard InChI is InChI=1S/C16H24N2O4S/c1-2-23(20,21)10-11-3-7-13(8-4-11)17-16(19)14-9-15(22-18-14)12-5-6-12/h9,11-13H,2-8,10H2,1H3,(H,17,19). The molecule has 0 atom stereocenters. The molecular formula is C16H24N2O4S. The van der Waals surface area contributed by atoms with E-state index in [0.29, 0.717) is 11.6 Å². The van der Waals surface area contributed by atoms with Crippen LogP contribution in [-0.2, 0) is 9.84 Å². The van der Waals surface area contributed by atoms with Gasteiger partial charge in [0.25, 0.3) is 5.91 Å². The smallest absolute Gasteiger partial charge is 0.273 e. The molecule has 0 spiro atoms. The summed E-state index contributed by atoms with van der Waals surface area (Å²) in [5.41, 5.74) is 0.350. The highest BCUT2D eigenvalue weighted by molar-refractivity contribution is 7.91. The number of carbonyl (C=O) groups excluding carboxylic acids is 1. The summed E-state index contributed by atoms with van der Waals surface area (Å²) >= 11 is 0. The van der Waals surface area contributed by atoms with Crippen LogP contribution in [0.25, 0.3) is 0 Å². The van der Waals surface area contributed by atoms with Crippen LogP contribution in [-0.4, -0.2) is 37.0 Å². The summed E-state index contributed by atoms with van der Waals surface area (Å²) in [6.45, 7) is 1.69. The fourth-order valence-corrected chi connectivity index (χ4v) is 4.45. The second-order valence-electron chi connectivity index (χ2n) is 6.78. The van der Waals surface area contributed by atoms with Gasteiger partial charge in [0.2, 0.25) is 0 Å². The minimum absolute atomic E-state index is 0.101. The topological polar surface area (TPSA) is 89.3 Å². The van der Waals surface area contributed by atoms with Gasteiger partial charge in [0.15, 0.2) is 5.69 Å². The van der Waals surface area contributed by atoms with Crippen molar-refractivity contribution in [3.8, 4) is 0 Å². The minimum atomic E-state index is -2.91. The number of rotatable bonds is 6. The molecule has 2 saturated carbocycles. The van der Waals surface area contributed by atoms with Crippen LogP contribution in [0.1, 0.15) is 67.6 Å². The van der Waals surface area contributed by atoms with Gasteiger partial charge in [0.1, 0.15) is 15.6 Å². The molecule has 23 heavy (non-hydrogen) atoms. The van der Waals surface area contributed by atoms with Gasteiger partial charge in [0, 0.05) is 23.8 Å². The van der Waals surface area contributed by atoms with Gasteiger partial charge >= 0.3 is 0 Å². The average molecular weight is 340 g/mol. The third-order valence-electron chi connectivity index (χ3n) is 4.85. The molecule has 0 radical (unpaired) electrons. The molecule has 0 aromatic carbocycles. The van der Waals surface area contributed by atoms with Crippen molar-refractivity contribution in [3.63, 3.8) is 0 Å². The first-order chi connectivity index (χ1) is 11.0. The highest BCUT2D eigenvalue weighted by Gasteiger charge is 2.30. The summed E-state index contributed by atoms with van der Waals surface area (Å²) in [5, 5.41) is 6.85. The quantitative estimate of drug-likeness (QED) is 0.858. The molecule has 1 heterocycles. The van der Waals surface area contributed by atoms with E-state index in [2.05, 4.69) is 10.5 Å². The van der Waals surface area contributed by atoms with E-state index in [-0.39, 0.29) is 29.4 Å². The number of aromatic nitrogens is 1. The molecular weight excluding hydrogens is 316 g/mol. The van der Waals surface area contributed by atoms with Crippen molar-refractivity contribution in [3.05, 3.63) is 17.5 Å². The minimum Gasteiger partial charge on any atom is -0.360 e. The zero-order valence-electron chi connectivity index (χ0n) is 13.5. The molecule has 1 aromatic rings. The summed E-state index contributed by atoms with van der Waals surface area (Å²) in [6.07, 6.45) is 5.56. The summed E-state index contributed by atoms with van der Waals surface area (Å²) in [7, 11) is -2.91. The maximum Gasteiger partial charge on any atom is 0.273 e. The molecule has 3 rings (SSSR count). The van der Waals surface area contributed by atoms with E-state index in [9.17, 15) is 13.2 Å². The summed E-state index contributed by atoms with van der Waals surface area (Å²) in [6, 6.07) is 1.84. The third-order valence-corrected chi connectivity index (χ3v) is 6.71. The van der Waals surface area contributed by atoms with Gasteiger partial charge in [0.05, 0.1) is 5.75 Å². The van der Waals surface area contributed by atoms with Gasteiger partial charge < -0.3 is 9.84 Å². The Morgan fingerprint density at radius 3 is 2.57 bits per heavy atom. The maximum atomic E-state index is 12.2. The van der Waals surface area contributed by atoms with Crippen LogP contribution in [0.4, 0.5) is 0 Å². The normalized spacial score (nSPS) is 25.3. The summed E-state index contributed by atoms with van der Waals surface area (Å²) in [5.74, 6) is 1.77. The molecule has 1 aromatic heterocycles. The fraction of sp³-hybridized carbons (Fsp3) is 0.750. The van der Waals surface area contributed by atoms with Crippen molar-refractivity contribution in [1.29, 1.82) is 0 Å². The molecule has 7 heteroatoms. The Balaban J connectivity index is 1.47. The highest BCUT2D eigenvalue weighted by atomic mass is 32.2. The zero-order valence-corrected chi connectivity index (χ0v) is 14.3. The van der Waals surface area contributed by atoms with Crippen LogP contribution >= 0.6 is 0 Å². The lowest BCUT2D eigenvalue weighted by Crippen LogP contribution is -2.38. The highest BCUT2D eigenvalue weighted by Crippen LogP contribution is 2.40. The molecule has 0 aliphatic heterocycles. The lowest BCUT2D eigenvalue weighted by molar-refractivity contribution is 0.0914. The molecule has 2 aliphatic carbocycles. The molecule has 2 fully saturated rings. The number of sulfone groups is 1. The van der Waals surface area contributed by atoms with Crippen LogP contribution in [0.15, 0.2) is 10.6 Å². The van der Waals surface area contributed by atoms with Crippen LogP contribution in [0.5, 0.6) is 0 Å². The molecule has 1 amide bonds. The monoisotopic (exact) mass is 340 g/mol. The van der Waals surface area contributed by atoms with Crippen molar-refractivity contribution >= 4 is 15.7 Å². The SMILES string of the molecule is CCS(=O)(=O)CC1CCC(NC(=O)c2cc(C3CC3)on2)CC1. The Kier molecular flexibility index (Phi) is 4.75. The Morgan fingerprint density at radius 2 is 1.96 bits per heavy atom. The summed E-state index contributed by atoms with van der Waals surface area (Å²) < 4.78 is 28.6. The molecule has 0 unspecified atom stereocenters. The molecule has 1 N–H and O–H groups in total. The second-order valence-corrected chi connectivity index (χ2v) is 9.18. The number of nitrogens with one attached hydrogen (secondary N) is 1. The Hall–Kier alpha value is -1.37. The molecule has 0 saturated heterocycles. The van der Waals surface area contributed by atoms with E-state index in [1.807, 2.05) is 0 Å². The first-order valence-corrected chi connectivity index (χ1v) is 10.3. The molecule has 6 nitrogen and oxygen atoms in total. The predicted octanol–water partition coefficient (Wildman–Crippen LogP) is 2.28. The van der Waals surface area contributed by atoms with E-state index in [4.69, 9.17) is 4.52 Å². The third kappa shape index (κ3) is 4.34. The molecule has 128 valence electrons. The van der Waals surface area contributed by atoms with E-state index in [1.165, 1.54) is 0 Å². The van der Waals surface area contributed by atoms with Gasteiger partial charge in [-0.05, 0) is 44.4 Å². The van der Waals surface area contributed by atoms with Gasteiger partial charge in [-0.2, -0.15) is 0 Å². The van der Waals surface area contributed by atoms with Crippen molar-refractivity contribution in [2.45, 2.75) is 57.4 Å². The first-order valence-electron chi connectivity index (χ1n) is 8.44. The van der Waals surface area contributed by atoms with Crippen molar-refractivity contribution < 1.29 is 17.7 Å². The lowest BCUT2D eigenvalue weighted by Gasteiger charge is -2.28. The van der Waals surface area contributed by atoms with Crippen molar-refractivity contribution in [2.24, 2.45) is 5.92 Å². The zero-order chi connectivity index (χ0) is 16.4. The average Bonchev–Trinajstić information content (AvgIpc) is 3.26.